The number of fused-ring (bicyclic) bond motifs is 2. The van der Waals surface area contributed by atoms with Crippen molar-refractivity contribution >= 4 is 0 Å². The molecule has 3 atom stereocenters. The van der Waals surface area contributed by atoms with E-state index in [2.05, 4.69) is 20.8 Å². The van der Waals surface area contributed by atoms with Gasteiger partial charge in [0.15, 0.2) is 0 Å². The third kappa shape index (κ3) is 1.70. The Hall–Kier alpha value is -0.0800. The molecule has 0 spiro atoms. The molecule has 3 unspecified atom stereocenters. The Labute approximate surface area is 99.4 Å². The van der Waals surface area contributed by atoms with Crippen molar-refractivity contribution in [3.05, 3.63) is 0 Å². The van der Waals surface area contributed by atoms with Crippen LogP contribution in [0.2, 0.25) is 0 Å². The number of aliphatic hydroxyl groups excluding tert-OH is 1. The minimum atomic E-state index is 0.291. The van der Waals surface area contributed by atoms with Crippen LogP contribution in [0.25, 0.3) is 0 Å². The fourth-order valence-electron chi connectivity index (χ4n) is 3.82. The van der Waals surface area contributed by atoms with Gasteiger partial charge in [-0.1, -0.05) is 20.8 Å². The van der Waals surface area contributed by atoms with Gasteiger partial charge in [-0.15, -0.1) is 0 Å². The molecule has 0 radical (unpaired) electrons. The minimum absolute atomic E-state index is 0.291. The topological polar surface area (TPSA) is 29.5 Å². The zero-order chi connectivity index (χ0) is 11.8. The molecule has 2 saturated carbocycles. The maximum Gasteiger partial charge on any atom is 0.0636 e. The summed E-state index contributed by atoms with van der Waals surface area (Å²) in [6, 6.07) is 0. The monoisotopic (exact) mass is 226 g/mol. The van der Waals surface area contributed by atoms with Crippen molar-refractivity contribution in [3.63, 3.8) is 0 Å². The highest BCUT2D eigenvalue weighted by molar-refractivity contribution is 5.11. The van der Waals surface area contributed by atoms with Crippen molar-refractivity contribution in [2.45, 2.75) is 59.0 Å². The Kier molecular flexibility index (Phi) is 3.33. The molecule has 0 heterocycles. The lowest BCUT2D eigenvalue weighted by Crippen LogP contribution is -2.37. The van der Waals surface area contributed by atoms with Gasteiger partial charge in [-0.3, -0.25) is 0 Å². The average molecular weight is 226 g/mol. The van der Waals surface area contributed by atoms with E-state index in [1.54, 1.807) is 0 Å². The zero-order valence-electron chi connectivity index (χ0n) is 11.0. The number of hydrogen-bond acceptors (Lipinski definition) is 2. The predicted octanol–water partition coefficient (Wildman–Crippen LogP) is 2.99. The lowest BCUT2D eigenvalue weighted by Gasteiger charge is -2.38. The van der Waals surface area contributed by atoms with Crippen LogP contribution in [0.4, 0.5) is 0 Å². The zero-order valence-corrected chi connectivity index (χ0v) is 11.0. The van der Waals surface area contributed by atoms with Crippen LogP contribution in [-0.2, 0) is 4.74 Å². The van der Waals surface area contributed by atoms with Crippen LogP contribution in [0, 0.1) is 16.7 Å². The third-order valence-corrected chi connectivity index (χ3v) is 5.59. The van der Waals surface area contributed by atoms with Crippen LogP contribution in [0.15, 0.2) is 0 Å². The third-order valence-electron chi connectivity index (χ3n) is 5.59. The van der Waals surface area contributed by atoms with E-state index in [1.807, 2.05) is 0 Å². The molecular formula is C14H26O2. The van der Waals surface area contributed by atoms with E-state index in [1.165, 1.54) is 19.3 Å². The van der Waals surface area contributed by atoms with E-state index in [0.717, 1.165) is 25.4 Å². The molecule has 0 aromatic rings. The van der Waals surface area contributed by atoms with Gasteiger partial charge < -0.3 is 9.84 Å². The molecule has 0 amide bonds. The van der Waals surface area contributed by atoms with Gasteiger partial charge in [-0.05, 0) is 48.9 Å². The molecule has 2 fully saturated rings. The first kappa shape index (κ1) is 12.4. The lowest BCUT2D eigenvalue weighted by molar-refractivity contribution is -0.0480. The van der Waals surface area contributed by atoms with Crippen LogP contribution in [0.3, 0.4) is 0 Å². The predicted molar refractivity (Wildman–Crippen MR) is 65.3 cm³/mol. The number of unbranched alkanes of at least 4 members (excludes halogenated alkanes) is 1. The number of rotatable bonds is 5. The van der Waals surface area contributed by atoms with Gasteiger partial charge in [0.1, 0.15) is 0 Å². The Morgan fingerprint density at radius 3 is 2.50 bits per heavy atom. The highest BCUT2D eigenvalue weighted by atomic mass is 16.5. The Morgan fingerprint density at radius 1 is 1.25 bits per heavy atom. The van der Waals surface area contributed by atoms with Crippen molar-refractivity contribution in [2.75, 3.05) is 13.2 Å². The smallest absolute Gasteiger partial charge is 0.0636 e. The SMILES string of the molecule is CC1(C)C2CCC1(C)C(OCCCCO)C2. The van der Waals surface area contributed by atoms with Gasteiger partial charge in [-0.2, -0.15) is 0 Å². The summed E-state index contributed by atoms with van der Waals surface area (Å²) in [4.78, 5) is 0. The second kappa shape index (κ2) is 4.30. The lowest BCUT2D eigenvalue weighted by atomic mass is 9.70. The molecular weight excluding hydrogens is 200 g/mol. The quantitative estimate of drug-likeness (QED) is 0.730. The molecule has 2 nitrogen and oxygen atoms in total. The highest BCUT2D eigenvalue weighted by Crippen LogP contribution is 2.66. The van der Waals surface area contributed by atoms with Gasteiger partial charge in [-0.25, -0.2) is 0 Å². The van der Waals surface area contributed by atoms with E-state index in [4.69, 9.17) is 9.84 Å². The van der Waals surface area contributed by atoms with E-state index >= 15 is 0 Å². The van der Waals surface area contributed by atoms with Crippen molar-refractivity contribution in [3.8, 4) is 0 Å². The molecule has 2 rings (SSSR count). The van der Waals surface area contributed by atoms with Crippen LogP contribution < -0.4 is 0 Å². The Bertz CT molecular complexity index is 249. The van der Waals surface area contributed by atoms with E-state index in [-0.39, 0.29) is 0 Å². The van der Waals surface area contributed by atoms with E-state index < -0.39 is 0 Å². The molecule has 2 aliphatic rings. The fourth-order valence-corrected chi connectivity index (χ4v) is 3.82. The van der Waals surface area contributed by atoms with Crippen LogP contribution in [0.5, 0.6) is 0 Å². The van der Waals surface area contributed by atoms with Gasteiger partial charge in [0.05, 0.1) is 6.10 Å². The summed E-state index contributed by atoms with van der Waals surface area (Å²) in [7, 11) is 0. The first-order valence-corrected chi connectivity index (χ1v) is 6.75. The van der Waals surface area contributed by atoms with Crippen LogP contribution in [-0.4, -0.2) is 24.4 Å². The minimum Gasteiger partial charge on any atom is -0.396 e. The summed E-state index contributed by atoms with van der Waals surface area (Å²) >= 11 is 0. The van der Waals surface area contributed by atoms with Gasteiger partial charge in [0, 0.05) is 13.2 Å². The molecule has 2 bridgehead atoms. The summed E-state index contributed by atoms with van der Waals surface area (Å²) in [6.45, 7) is 8.36. The largest absolute Gasteiger partial charge is 0.396 e. The number of hydrogen-bond donors (Lipinski definition) is 1. The summed E-state index contributed by atoms with van der Waals surface area (Å²) in [5, 5.41) is 8.74. The van der Waals surface area contributed by atoms with Crippen molar-refractivity contribution in [1.29, 1.82) is 0 Å². The first-order valence-electron chi connectivity index (χ1n) is 6.75. The van der Waals surface area contributed by atoms with Crippen LogP contribution >= 0.6 is 0 Å². The summed E-state index contributed by atoms with van der Waals surface area (Å²) in [6.07, 6.45) is 6.29. The Balaban J connectivity index is 1.89. The summed E-state index contributed by atoms with van der Waals surface area (Å²) < 4.78 is 6.07. The normalized spacial score (nSPS) is 40.5. The van der Waals surface area contributed by atoms with Gasteiger partial charge in [0.25, 0.3) is 0 Å². The van der Waals surface area contributed by atoms with Crippen molar-refractivity contribution < 1.29 is 9.84 Å². The molecule has 2 aliphatic carbocycles. The van der Waals surface area contributed by atoms with Crippen molar-refractivity contribution in [2.24, 2.45) is 16.7 Å². The molecule has 94 valence electrons. The molecule has 16 heavy (non-hydrogen) atoms. The van der Waals surface area contributed by atoms with Gasteiger partial charge >= 0.3 is 0 Å². The molecule has 2 heteroatoms. The average Bonchev–Trinajstić information content (AvgIpc) is 2.57. The van der Waals surface area contributed by atoms with Gasteiger partial charge in [0.2, 0.25) is 0 Å². The highest BCUT2D eigenvalue weighted by Gasteiger charge is 2.61. The second-order valence-corrected chi connectivity index (χ2v) is 6.40. The summed E-state index contributed by atoms with van der Waals surface area (Å²) in [5.41, 5.74) is 0.839. The van der Waals surface area contributed by atoms with Crippen LogP contribution in [0.1, 0.15) is 52.9 Å². The maximum atomic E-state index is 8.74. The molecule has 0 saturated heterocycles. The number of ether oxygens (including phenoxy) is 1. The molecule has 0 aromatic heterocycles. The molecule has 0 aromatic carbocycles. The maximum absolute atomic E-state index is 8.74. The number of aliphatic hydroxyl groups is 1. The molecule has 0 aliphatic heterocycles. The fraction of sp³-hybridized carbons (Fsp3) is 1.00. The Morgan fingerprint density at radius 2 is 2.00 bits per heavy atom. The van der Waals surface area contributed by atoms with Crippen molar-refractivity contribution in [1.82, 2.24) is 0 Å². The standard InChI is InChI=1S/C14H26O2/c1-13(2)11-6-7-14(13,3)12(10-11)16-9-5-4-8-15/h11-12,15H,4-10H2,1-3H3. The summed E-state index contributed by atoms with van der Waals surface area (Å²) in [5.74, 6) is 0.861. The molecule has 1 N–H and O–H groups in total. The second-order valence-electron chi connectivity index (χ2n) is 6.40. The van der Waals surface area contributed by atoms with E-state index in [9.17, 15) is 0 Å². The van der Waals surface area contributed by atoms with E-state index in [0.29, 0.717) is 23.5 Å². The first-order chi connectivity index (χ1) is 7.52.